The normalized spacial score (nSPS) is 11.8. The highest BCUT2D eigenvalue weighted by Crippen LogP contribution is 2.32. The Morgan fingerprint density at radius 1 is 0.696 bits per heavy atom. The molecule has 0 atom stereocenters. The van der Waals surface area contributed by atoms with Crippen LogP contribution in [0.1, 0.15) is 60.0 Å². The zero-order valence-corrected chi connectivity index (χ0v) is 24.9. The Morgan fingerprint density at radius 3 is 1.89 bits per heavy atom. The summed E-state index contributed by atoms with van der Waals surface area (Å²) < 4.78 is 86.3. The van der Waals surface area contributed by atoms with Crippen LogP contribution in [0.3, 0.4) is 0 Å². The molecule has 0 aliphatic rings. The molecule has 3 aromatic rings. The average Bonchev–Trinajstić information content (AvgIpc) is 2.99. The van der Waals surface area contributed by atoms with E-state index < -0.39 is 36.2 Å². The van der Waals surface area contributed by atoms with Crippen LogP contribution < -0.4 is 20.9 Å². The Hall–Kier alpha value is -4.81. The van der Waals surface area contributed by atoms with Crippen LogP contribution in [-0.2, 0) is 20.4 Å². The summed E-state index contributed by atoms with van der Waals surface area (Å²) in [7, 11) is 0. The van der Waals surface area contributed by atoms with Crippen LogP contribution in [0.15, 0.2) is 72.8 Å². The maximum absolute atomic E-state index is 14.7. The molecular weight excluding hydrogens is 615 g/mol. The van der Waals surface area contributed by atoms with E-state index in [1.54, 1.807) is 6.07 Å². The molecule has 0 saturated heterocycles. The first kappa shape index (κ1) is 35.7. The number of halogens is 5. The lowest BCUT2D eigenvalue weighted by atomic mass is 10.1. The van der Waals surface area contributed by atoms with Crippen LogP contribution in [0.4, 0.5) is 33.3 Å². The summed E-state index contributed by atoms with van der Waals surface area (Å²) in [5.41, 5.74) is 12.5. The predicted octanol–water partition coefficient (Wildman–Crippen LogP) is 7.67. The van der Waals surface area contributed by atoms with Gasteiger partial charge in [0.15, 0.2) is 0 Å². The highest BCUT2D eigenvalue weighted by atomic mass is 19.4. The van der Waals surface area contributed by atoms with Gasteiger partial charge in [0.1, 0.15) is 11.5 Å². The summed E-state index contributed by atoms with van der Waals surface area (Å²) >= 11 is 0. The topological polar surface area (TPSA) is 123 Å². The van der Waals surface area contributed by atoms with Crippen molar-refractivity contribution in [3.05, 3.63) is 89.5 Å². The molecule has 3 rings (SSSR count). The van der Waals surface area contributed by atoms with Crippen LogP contribution in [0.5, 0.6) is 11.5 Å². The highest BCUT2D eigenvalue weighted by molar-refractivity contribution is 5.91. The van der Waals surface area contributed by atoms with Gasteiger partial charge in [0.05, 0.1) is 30.9 Å². The molecular formula is C33H35F5N2O6. The Bertz CT molecular complexity index is 1420. The van der Waals surface area contributed by atoms with Gasteiger partial charge in [0.25, 0.3) is 0 Å². The summed E-state index contributed by atoms with van der Waals surface area (Å²) in [4.78, 5) is 24.0. The second kappa shape index (κ2) is 17.0. The summed E-state index contributed by atoms with van der Waals surface area (Å²) in [5, 5.41) is 0. The van der Waals surface area contributed by atoms with E-state index in [-0.39, 0.29) is 43.3 Å². The van der Waals surface area contributed by atoms with Crippen molar-refractivity contribution in [1.29, 1.82) is 0 Å². The van der Waals surface area contributed by atoms with Gasteiger partial charge < -0.3 is 30.4 Å². The zero-order chi connectivity index (χ0) is 33.6. The lowest BCUT2D eigenvalue weighted by Gasteiger charge is -2.18. The van der Waals surface area contributed by atoms with E-state index in [1.165, 1.54) is 60.7 Å². The number of carbonyl (C=O) groups is 2. The number of nitrogen functional groups attached to an aromatic ring is 2. The molecule has 3 aromatic carbocycles. The number of hydrogen-bond donors (Lipinski definition) is 2. The number of anilines is 2. The minimum atomic E-state index is -4.27. The molecule has 8 nitrogen and oxygen atoms in total. The lowest BCUT2D eigenvalue weighted by Crippen LogP contribution is -2.21. The number of rotatable bonds is 17. The predicted molar refractivity (Wildman–Crippen MR) is 162 cm³/mol. The average molecular weight is 651 g/mol. The van der Waals surface area contributed by atoms with Crippen LogP contribution in [0.2, 0.25) is 0 Å². The summed E-state index contributed by atoms with van der Waals surface area (Å²) in [6, 6.07) is 14.7. The van der Waals surface area contributed by atoms with E-state index in [0.29, 0.717) is 29.8 Å². The number of carbonyl (C=O) groups excluding carboxylic acids is 2. The van der Waals surface area contributed by atoms with E-state index in [1.807, 2.05) is 0 Å². The summed E-state index contributed by atoms with van der Waals surface area (Å²) in [6.07, 6.45) is -3.77. The standard InChI is InChI=1S/C33H35F5N2O6/c34-32(35,36)16-5-19-43-28-11-13-29(14-12-28)46-33(37,38)25-9-6-23(7-10-25)8-15-30(41)44-17-3-1-2-4-18-45-31(42)24-20-26(39)22-27(40)21-24/h6-15,20-22H,1-5,16-19,39-40H2. The SMILES string of the molecule is Nc1cc(N)cc(C(=O)OCCCCCCOC(=O)C=Cc2ccc(C(F)(F)Oc3ccc(OCCCC(F)(F)F)cc3)cc2)c1. The Kier molecular flexibility index (Phi) is 13.2. The molecule has 0 radical (unpaired) electrons. The zero-order valence-electron chi connectivity index (χ0n) is 24.9. The second-order valence-corrected chi connectivity index (χ2v) is 10.2. The van der Waals surface area contributed by atoms with E-state index >= 15 is 0 Å². The molecule has 0 bridgehead atoms. The first-order valence-electron chi connectivity index (χ1n) is 14.5. The number of ether oxygens (including phenoxy) is 4. The van der Waals surface area contributed by atoms with Crippen LogP contribution in [0.25, 0.3) is 6.08 Å². The smallest absolute Gasteiger partial charge is 0.426 e. The van der Waals surface area contributed by atoms with Gasteiger partial charge in [-0.3, -0.25) is 0 Å². The maximum Gasteiger partial charge on any atom is 0.426 e. The van der Waals surface area contributed by atoms with Crippen molar-refractivity contribution in [2.75, 3.05) is 31.3 Å². The quantitative estimate of drug-likeness (QED) is 0.0502. The van der Waals surface area contributed by atoms with Crippen molar-refractivity contribution in [2.45, 2.75) is 50.8 Å². The number of alkyl halides is 5. The van der Waals surface area contributed by atoms with E-state index in [9.17, 15) is 31.5 Å². The molecule has 13 heteroatoms. The fourth-order valence-electron chi connectivity index (χ4n) is 4.05. The fraction of sp³-hybridized carbons (Fsp3) is 0.333. The van der Waals surface area contributed by atoms with Gasteiger partial charge in [0, 0.05) is 23.9 Å². The summed E-state index contributed by atoms with van der Waals surface area (Å²) in [6.45, 7) is 0.258. The first-order valence-corrected chi connectivity index (χ1v) is 14.5. The molecule has 0 spiro atoms. The molecule has 0 aliphatic heterocycles. The third-order valence-corrected chi connectivity index (χ3v) is 6.33. The Balaban J connectivity index is 1.31. The fourth-order valence-corrected chi connectivity index (χ4v) is 4.05. The van der Waals surface area contributed by atoms with Crippen molar-refractivity contribution in [1.82, 2.24) is 0 Å². The van der Waals surface area contributed by atoms with Crippen molar-refractivity contribution in [3.63, 3.8) is 0 Å². The molecule has 46 heavy (non-hydrogen) atoms. The number of unbranched alkanes of at least 4 members (excludes halogenated alkanes) is 3. The van der Waals surface area contributed by atoms with E-state index in [4.69, 9.17) is 30.4 Å². The van der Waals surface area contributed by atoms with Crippen LogP contribution in [0, 0.1) is 0 Å². The van der Waals surface area contributed by atoms with Gasteiger partial charge in [-0.05, 0) is 98.3 Å². The molecule has 248 valence electrons. The second-order valence-electron chi connectivity index (χ2n) is 10.2. The number of benzene rings is 3. The largest absolute Gasteiger partial charge is 0.494 e. The van der Waals surface area contributed by atoms with Crippen molar-refractivity contribution < 1.29 is 50.5 Å². The van der Waals surface area contributed by atoms with Gasteiger partial charge in [-0.1, -0.05) is 12.1 Å². The number of nitrogens with two attached hydrogens (primary N) is 2. The van der Waals surface area contributed by atoms with Gasteiger partial charge >= 0.3 is 24.2 Å². The van der Waals surface area contributed by atoms with Crippen molar-refractivity contribution in [3.8, 4) is 11.5 Å². The number of esters is 2. The van der Waals surface area contributed by atoms with Gasteiger partial charge in [-0.25, -0.2) is 9.59 Å². The third kappa shape index (κ3) is 13.0. The molecule has 0 unspecified atom stereocenters. The lowest BCUT2D eigenvalue weighted by molar-refractivity contribution is -0.185. The van der Waals surface area contributed by atoms with Gasteiger partial charge in [0.2, 0.25) is 0 Å². The minimum Gasteiger partial charge on any atom is -0.494 e. The van der Waals surface area contributed by atoms with Crippen molar-refractivity contribution >= 4 is 29.4 Å². The van der Waals surface area contributed by atoms with Gasteiger partial charge in [-0.2, -0.15) is 22.0 Å². The molecule has 4 N–H and O–H groups in total. The Labute approximate surface area is 263 Å². The molecule has 0 heterocycles. The minimum absolute atomic E-state index is 0.164. The van der Waals surface area contributed by atoms with Crippen molar-refractivity contribution in [2.24, 2.45) is 0 Å². The highest BCUT2D eigenvalue weighted by Gasteiger charge is 2.34. The first-order chi connectivity index (χ1) is 21.8. The van der Waals surface area contributed by atoms with Gasteiger partial charge in [-0.15, -0.1) is 0 Å². The molecule has 0 fully saturated rings. The molecule has 0 saturated carbocycles. The monoisotopic (exact) mass is 650 g/mol. The summed E-state index contributed by atoms with van der Waals surface area (Å²) in [5.74, 6) is -1.02. The van der Waals surface area contributed by atoms with E-state index in [0.717, 1.165) is 25.0 Å². The molecule has 0 aliphatic carbocycles. The van der Waals surface area contributed by atoms with E-state index in [2.05, 4.69) is 0 Å². The number of hydrogen-bond acceptors (Lipinski definition) is 8. The Morgan fingerprint density at radius 2 is 1.28 bits per heavy atom. The van der Waals surface area contributed by atoms with Crippen LogP contribution >= 0.6 is 0 Å². The third-order valence-electron chi connectivity index (χ3n) is 6.33. The molecule has 0 amide bonds. The van der Waals surface area contributed by atoms with Crippen LogP contribution in [-0.4, -0.2) is 37.9 Å². The maximum atomic E-state index is 14.7. The molecule has 0 aromatic heterocycles.